The molecule has 1 fully saturated rings. The lowest BCUT2D eigenvalue weighted by Crippen LogP contribution is -2.32. The number of esters is 1. The van der Waals surface area contributed by atoms with Gasteiger partial charge < -0.3 is 4.74 Å². The zero-order valence-electron chi connectivity index (χ0n) is 9.03. The Bertz CT molecular complexity index is 516. The van der Waals surface area contributed by atoms with Gasteiger partial charge in [-0.2, -0.15) is 4.39 Å². The Morgan fingerprint density at radius 2 is 2.00 bits per heavy atom. The van der Waals surface area contributed by atoms with Crippen LogP contribution in [0.4, 0.5) is 4.39 Å². The normalized spacial score (nSPS) is 21.5. The number of rotatable bonds is 0. The molecule has 4 nitrogen and oxygen atoms in total. The van der Waals surface area contributed by atoms with E-state index in [0.29, 0.717) is 31.2 Å². The average Bonchev–Trinajstić information content (AvgIpc) is 2.57. The summed E-state index contributed by atoms with van der Waals surface area (Å²) in [4.78, 5) is 26.5. The molecule has 0 radical (unpaired) electrons. The molecule has 1 spiro atoms. The Kier molecular flexibility index (Phi) is 2.05. The summed E-state index contributed by atoms with van der Waals surface area (Å²) in [5.41, 5.74) is 0.115. The largest absolute Gasteiger partial charge is 0.450 e. The van der Waals surface area contributed by atoms with Gasteiger partial charge in [0.25, 0.3) is 0 Å². The van der Waals surface area contributed by atoms with Gasteiger partial charge in [-0.1, -0.05) is 0 Å². The highest BCUT2D eigenvalue weighted by Crippen LogP contribution is 2.45. The summed E-state index contributed by atoms with van der Waals surface area (Å²) in [7, 11) is 0. The van der Waals surface area contributed by atoms with Gasteiger partial charge in [-0.25, -0.2) is 9.78 Å². The molecule has 0 bridgehead atoms. The lowest BCUT2D eigenvalue weighted by Gasteiger charge is -2.31. The van der Waals surface area contributed by atoms with Gasteiger partial charge in [0.15, 0.2) is 0 Å². The maximum Gasteiger partial charge on any atom is 0.339 e. The molecule has 0 N–H and O–H groups in total. The lowest BCUT2D eigenvalue weighted by molar-refractivity contribution is -0.125. The fourth-order valence-corrected chi connectivity index (χ4v) is 2.55. The van der Waals surface area contributed by atoms with Crippen LogP contribution in [0.2, 0.25) is 0 Å². The van der Waals surface area contributed by atoms with Crippen LogP contribution in [0, 0.1) is 5.95 Å². The monoisotopic (exact) mass is 235 g/mol. The standard InChI is InChI=1S/C12H10FNO3/c13-10-5-8-9(6-14-10)12(17-11(8)16)3-1-7(15)2-4-12/h5-6H,1-4H2. The molecular formula is C12H10FNO3. The Labute approximate surface area is 96.8 Å². The van der Waals surface area contributed by atoms with Crippen molar-refractivity contribution in [3.8, 4) is 0 Å². The van der Waals surface area contributed by atoms with Crippen molar-refractivity contribution in [3.05, 3.63) is 29.3 Å². The van der Waals surface area contributed by atoms with E-state index in [4.69, 9.17) is 4.74 Å². The van der Waals surface area contributed by atoms with Crippen molar-refractivity contribution in [1.82, 2.24) is 4.98 Å². The minimum absolute atomic E-state index is 0.176. The molecule has 1 aromatic rings. The van der Waals surface area contributed by atoms with Gasteiger partial charge in [-0.15, -0.1) is 0 Å². The number of carbonyl (C=O) groups is 2. The fourth-order valence-electron chi connectivity index (χ4n) is 2.55. The van der Waals surface area contributed by atoms with Crippen LogP contribution in [0.5, 0.6) is 0 Å². The maximum absolute atomic E-state index is 13.0. The Balaban J connectivity index is 2.06. The highest BCUT2D eigenvalue weighted by molar-refractivity contribution is 5.95. The van der Waals surface area contributed by atoms with Gasteiger partial charge in [0.2, 0.25) is 5.95 Å². The zero-order valence-corrected chi connectivity index (χ0v) is 9.03. The summed E-state index contributed by atoms with van der Waals surface area (Å²) in [5.74, 6) is -1.03. The number of carbonyl (C=O) groups excluding carboxylic acids is 2. The third-order valence-corrected chi connectivity index (χ3v) is 3.48. The number of pyridine rings is 1. The van der Waals surface area contributed by atoms with E-state index in [0.717, 1.165) is 6.07 Å². The van der Waals surface area contributed by atoms with E-state index in [1.807, 2.05) is 0 Å². The minimum atomic E-state index is -0.749. The van der Waals surface area contributed by atoms with E-state index in [1.54, 1.807) is 0 Å². The molecule has 3 rings (SSSR count). The molecule has 2 aliphatic rings. The molecule has 17 heavy (non-hydrogen) atoms. The smallest absolute Gasteiger partial charge is 0.339 e. The Morgan fingerprint density at radius 3 is 2.71 bits per heavy atom. The van der Waals surface area contributed by atoms with E-state index >= 15 is 0 Å². The molecular weight excluding hydrogens is 225 g/mol. The van der Waals surface area contributed by atoms with Crippen molar-refractivity contribution >= 4 is 11.8 Å². The van der Waals surface area contributed by atoms with E-state index in [-0.39, 0.29) is 11.3 Å². The molecule has 1 aliphatic heterocycles. The second-order valence-electron chi connectivity index (χ2n) is 4.48. The van der Waals surface area contributed by atoms with E-state index in [9.17, 15) is 14.0 Å². The molecule has 0 aromatic carbocycles. The van der Waals surface area contributed by atoms with Crippen molar-refractivity contribution in [2.45, 2.75) is 31.3 Å². The molecule has 2 heterocycles. The first-order valence-electron chi connectivity index (χ1n) is 5.52. The highest BCUT2D eigenvalue weighted by atomic mass is 19.1. The molecule has 0 unspecified atom stereocenters. The van der Waals surface area contributed by atoms with Gasteiger partial charge in [0.05, 0.1) is 5.56 Å². The number of hydrogen-bond acceptors (Lipinski definition) is 4. The summed E-state index contributed by atoms with van der Waals surface area (Å²) >= 11 is 0. The second kappa shape index (κ2) is 3.35. The first-order chi connectivity index (χ1) is 8.11. The van der Waals surface area contributed by atoms with Crippen molar-refractivity contribution in [3.63, 3.8) is 0 Å². The first-order valence-corrected chi connectivity index (χ1v) is 5.52. The van der Waals surface area contributed by atoms with Crippen LogP contribution in [-0.2, 0) is 15.1 Å². The third-order valence-electron chi connectivity index (χ3n) is 3.48. The van der Waals surface area contributed by atoms with Gasteiger partial charge in [-0.05, 0) is 12.8 Å². The Hall–Kier alpha value is -1.78. The third kappa shape index (κ3) is 1.45. The molecule has 88 valence electrons. The number of ketones is 1. The number of Topliss-reactive ketones (excluding diaryl/α,β-unsaturated/α-hetero) is 1. The van der Waals surface area contributed by atoms with Crippen LogP contribution >= 0.6 is 0 Å². The van der Waals surface area contributed by atoms with Gasteiger partial charge >= 0.3 is 5.97 Å². The number of halogens is 1. The minimum Gasteiger partial charge on any atom is -0.450 e. The topological polar surface area (TPSA) is 56.3 Å². The number of fused-ring (bicyclic) bond motifs is 2. The molecule has 0 atom stereocenters. The van der Waals surface area contributed by atoms with Crippen LogP contribution in [0.1, 0.15) is 41.6 Å². The predicted molar refractivity (Wildman–Crippen MR) is 54.8 cm³/mol. The van der Waals surface area contributed by atoms with Gasteiger partial charge in [0, 0.05) is 30.7 Å². The van der Waals surface area contributed by atoms with Crippen LogP contribution in [0.25, 0.3) is 0 Å². The van der Waals surface area contributed by atoms with E-state index in [1.165, 1.54) is 6.20 Å². The summed E-state index contributed by atoms with van der Waals surface area (Å²) in [6, 6.07) is 1.10. The predicted octanol–water partition coefficient (Wildman–Crippen LogP) is 1.73. The molecule has 1 aromatic heterocycles. The Morgan fingerprint density at radius 1 is 1.29 bits per heavy atom. The SMILES string of the molecule is O=C1CCC2(CC1)OC(=O)c1cc(F)ncc12. The number of nitrogens with zero attached hydrogens (tertiary/aromatic N) is 1. The van der Waals surface area contributed by atoms with Gasteiger partial charge in [-0.3, -0.25) is 4.79 Å². The summed E-state index contributed by atoms with van der Waals surface area (Å²) < 4.78 is 18.3. The van der Waals surface area contributed by atoms with Crippen molar-refractivity contribution in [2.75, 3.05) is 0 Å². The maximum atomic E-state index is 13.0. The van der Waals surface area contributed by atoms with Gasteiger partial charge in [0.1, 0.15) is 11.4 Å². The molecule has 1 aliphatic carbocycles. The molecule has 5 heteroatoms. The summed E-state index contributed by atoms with van der Waals surface area (Å²) in [6.07, 6.45) is 3.08. The zero-order chi connectivity index (χ0) is 12.0. The van der Waals surface area contributed by atoms with Crippen molar-refractivity contribution in [2.24, 2.45) is 0 Å². The van der Waals surface area contributed by atoms with Crippen molar-refractivity contribution in [1.29, 1.82) is 0 Å². The molecule has 1 saturated carbocycles. The van der Waals surface area contributed by atoms with Crippen LogP contribution < -0.4 is 0 Å². The highest BCUT2D eigenvalue weighted by Gasteiger charge is 2.47. The summed E-state index contributed by atoms with van der Waals surface area (Å²) in [5, 5.41) is 0. The quantitative estimate of drug-likeness (QED) is 0.507. The van der Waals surface area contributed by atoms with E-state index in [2.05, 4.69) is 4.98 Å². The van der Waals surface area contributed by atoms with Crippen molar-refractivity contribution < 1.29 is 18.7 Å². The molecule has 0 saturated heterocycles. The summed E-state index contributed by atoms with van der Waals surface area (Å²) in [6.45, 7) is 0. The number of ether oxygens (including phenoxy) is 1. The van der Waals surface area contributed by atoms with E-state index < -0.39 is 17.5 Å². The first kappa shape index (κ1) is 10.4. The molecule has 0 amide bonds. The lowest BCUT2D eigenvalue weighted by atomic mass is 9.79. The fraction of sp³-hybridized carbons (Fsp3) is 0.417. The average molecular weight is 235 g/mol. The van der Waals surface area contributed by atoms with Crippen LogP contribution in [0.15, 0.2) is 12.3 Å². The number of aromatic nitrogens is 1. The second-order valence-corrected chi connectivity index (χ2v) is 4.48. The number of hydrogen-bond donors (Lipinski definition) is 0. The van der Waals surface area contributed by atoms with Crippen LogP contribution in [0.3, 0.4) is 0 Å². The van der Waals surface area contributed by atoms with Crippen LogP contribution in [-0.4, -0.2) is 16.7 Å².